The molecule has 0 spiro atoms. The zero-order valence-corrected chi connectivity index (χ0v) is 17.5. The van der Waals surface area contributed by atoms with Crippen LogP contribution in [0, 0.1) is 12.3 Å². The van der Waals surface area contributed by atoms with Crippen molar-refractivity contribution in [2.24, 2.45) is 17.5 Å². The molecule has 0 aromatic carbocycles. The van der Waals surface area contributed by atoms with Gasteiger partial charge in [-0.3, -0.25) is 0 Å². The van der Waals surface area contributed by atoms with Crippen molar-refractivity contribution < 1.29 is 4.74 Å². The van der Waals surface area contributed by atoms with Gasteiger partial charge in [0.25, 0.3) is 0 Å². The Kier molecular flexibility index (Phi) is 8.71. The maximum absolute atomic E-state index is 5.53. The highest BCUT2D eigenvalue weighted by Crippen LogP contribution is 2.48. The number of aliphatic imine (C=N–C) groups is 1. The molecular weight excluding hydrogens is 348 g/mol. The molecule has 1 saturated carbocycles. The van der Waals surface area contributed by atoms with E-state index in [1.807, 2.05) is 30.3 Å². The third-order valence-corrected chi connectivity index (χ3v) is 5.64. The lowest BCUT2D eigenvalue weighted by molar-refractivity contribution is 0.128. The fraction of sp³-hybridized carbons (Fsp3) is 0.833. The van der Waals surface area contributed by atoms with Crippen LogP contribution in [0.25, 0.3) is 0 Å². The van der Waals surface area contributed by atoms with E-state index in [1.165, 1.54) is 12.8 Å². The summed E-state index contributed by atoms with van der Waals surface area (Å²) in [6, 6.07) is 0. The second-order valence-corrected chi connectivity index (χ2v) is 7.95. The Bertz CT molecular complexity index is 570. The van der Waals surface area contributed by atoms with Crippen LogP contribution in [0.4, 0.5) is 0 Å². The van der Waals surface area contributed by atoms with E-state index in [2.05, 4.69) is 34.0 Å². The fourth-order valence-electron chi connectivity index (χ4n) is 2.73. The molecule has 0 radical (unpaired) electrons. The van der Waals surface area contributed by atoms with Crippen LogP contribution in [0.2, 0.25) is 0 Å². The van der Waals surface area contributed by atoms with Crippen molar-refractivity contribution >= 4 is 17.7 Å². The zero-order valence-electron chi connectivity index (χ0n) is 16.7. The highest BCUT2D eigenvalue weighted by atomic mass is 32.2. The minimum atomic E-state index is 0.387. The molecule has 1 aliphatic rings. The molecule has 8 heteroatoms. The molecule has 148 valence electrons. The molecule has 1 fully saturated rings. The van der Waals surface area contributed by atoms with Gasteiger partial charge in [0.15, 0.2) is 11.8 Å². The minimum absolute atomic E-state index is 0.387. The average Bonchev–Trinajstić information content (AvgIpc) is 3.34. The van der Waals surface area contributed by atoms with E-state index in [0.29, 0.717) is 12.0 Å². The number of nitrogens with zero attached hydrogens (tertiary/aromatic N) is 4. The van der Waals surface area contributed by atoms with E-state index < -0.39 is 0 Å². The van der Waals surface area contributed by atoms with E-state index in [0.717, 1.165) is 62.5 Å². The van der Waals surface area contributed by atoms with E-state index >= 15 is 0 Å². The average molecular weight is 383 g/mol. The second kappa shape index (κ2) is 10.8. The SMILES string of the molecule is CCOCCC1(CNC(=NCc2nnc(C)n2C)NCCCSC)CC1. The topological polar surface area (TPSA) is 76.4 Å². The Labute approximate surface area is 161 Å². The number of thioether (sulfide) groups is 1. The van der Waals surface area contributed by atoms with Gasteiger partial charge < -0.3 is 19.9 Å². The molecule has 7 nitrogen and oxygen atoms in total. The van der Waals surface area contributed by atoms with Crippen molar-refractivity contribution in [3.8, 4) is 0 Å². The number of aromatic nitrogens is 3. The van der Waals surface area contributed by atoms with Gasteiger partial charge in [-0.25, -0.2) is 4.99 Å². The van der Waals surface area contributed by atoms with Crippen LogP contribution >= 0.6 is 11.8 Å². The Morgan fingerprint density at radius 1 is 1.35 bits per heavy atom. The van der Waals surface area contributed by atoms with Gasteiger partial charge in [0.05, 0.1) is 0 Å². The second-order valence-electron chi connectivity index (χ2n) is 6.96. The van der Waals surface area contributed by atoms with Gasteiger partial charge in [-0.2, -0.15) is 11.8 Å². The summed E-state index contributed by atoms with van der Waals surface area (Å²) in [6.07, 6.45) is 6.93. The smallest absolute Gasteiger partial charge is 0.191 e. The van der Waals surface area contributed by atoms with Crippen molar-refractivity contribution in [1.29, 1.82) is 0 Å². The number of aryl methyl sites for hydroxylation is 1. The molecule has 0 saturated heterocycles. The zero-order chi connectivity index (χ0) is 18.8. The monoisotopic (exact) mass is 382 g/mol. The van der Waals surface area contributed by atoms with E-state index in [9.17, 15) is 0 Å². The Morgan fingerprint density at radius 3 is 2.77 bits per heavy atom. The lowest BCUT2D eigenvalue weighted by Crippen LogP contribution is -2.41. The molecule has 26 heavy (non-hydrogen) atoms. The Morgan fingerprint density at radius 2 is 2.15 bits per heavy atom. The molecule has 1 aliphatic carbocycles. The van der Waals surface area contributed by atoms with Crippen molar-refractivity contribution in [1.82, 2.24) is 25.4 Å². The van der Waals surface area contributed by atoms with E-state index in [-0.39, 0.29) is 0 Å². The van der Waals surface area contributed by atoms with Crippen molar-refractivity contribution in [2.75, 3.05) is 38.3 Å². The van der Waals surface area contributed by atoms with Gasteiger partial charge >= 0.3 is 0 Å². The van der Waals surface area contributed by atoms with E-state index in [1.54, 1.807) is 0 Å². The van der Waals surface area contributed by atoms with Crippen LogP contribution in [0.5, 0.6) is 0 Å². The predicted molar refractivity (Wildman–Crippen MR) is 109 cm³/mol. The van der Waals surface area contributed by atoms with Crippen LogP contribution in [0.1, 0.15) is 44.3 Å². The van der Waals surface area contributed by atoms with Gasteiger partial charge in [0, 0.05) is 33.4 Å². The van der Waals surface area contributed by atoms with Crippen molar-refractivity contribution in [3.63, 3.8) is 0 Å². The first kappa shape index (κ1) is 21.0. The molecule has 1 aromatic rings. The van der Waals surface area contributed by atoms with Crippen LogP contribution < -0.4 is 10.6 Å². The van der Waals surface area contributed by atoms with Crippen LogP contribution in [-0.2, 0) is 18.3 Å². The van der Waals surface area contributed by atoms with Crippen LogP contribution in [-0.4, -0.2) is 59.0 Å². The molecule has 0 atom stereocenters. The van der Waals surface area contributed by atoms with Gasteiger partial charge in [-0.15, -0.1) is 10.2 Å². The van der Waals surface area contributed by atoms with Gasteiger partial charge in [0.1, 0.15) is 12.4 Å². The number of hydrogen-bond acceptors (Lipinski definition) is 5. The van der Waals surface area contributed by atoms with E-state index in [4.69, 9.17) is 9.73 Å². The summed E-state index contributed by atoms with van der Waals surface area (Å²) < 4.78 is 7.52. The first-order chi connectivity index (χ1) is 12.6. The molecule has 1 aromatic heterocycles. The number of hydrogen-bond donors (Lipinski definition) is 2. The van der Waals surface area contributed by atoms with Gasteiger partial charge in [0.2, 0.25) is 0 Å². The van der Waals surface area contributed by atoms with Crippen molar-refractivity contribution in [2.45, 2.75) is 46.1 Å². The summed E-state index contributed by atoms with van der Waals surface area (Å²) in [5.41, 5.74) is 0.387. The highest BCUT2D eigenvalue weighted by Gasteiger charge is 2.41. The standard InChI is InChI=1S/C18H34N6OS/c1-5-25-11-9-18(7-8-18)14-21-17(19-10-6-12-26-4)20-13-16-23-22-15(2)24(16)3/h5-14H2,1-4H3,(H2,19,20,21). The maximum atomic E-state index is 5.53. The predicted octanol–water partition coefficient (Wildman–Crippen LogP) is 2.12. The molecule has 0 unspecified atom stereocenters. The maximum Gasteiger partial charge on any atom is 0.191 e. The number of nitrogens with one attached hydrogen (secondary N) is 2. The quantitative estimate of drug-likeness (QED) is 0.328. The number of rotatable bonds is 12. The summed E-state index contributed by atoms with van der Waals surface area (Å²) >= 11 is 1.87. The summed E-state index contributed by atoms with van der Waals surface area (Å²) in [4.78, 5) is 4.73. The largest absolute Gasteiger partial charge is 0.382 e. The highest BCUT2D eigenvalue weighted by molar-refractivity contribution is 7.98. The Balaban J connectivity index is 1.88. The van der Waals surface area contributed by atoms with Gasteiger partial charge in [-0.05, 0) is 57.0 Å². The normalized spacial score (nSPS) is 15.9. The number of guanidine groups is 1. The molecule has 1 heterocycles. The first-order valence-electron chi connectivity index (χ1n) is 9.54. The fourth-order valence-corrected chi connectivity index (χ4v) is 3.17. The summed E-state index contributed by atoms with van der Waals surface area (Å²) in [7, 11) is 1.98. The van der Waals surface area contributed by atoms with Crippen LogP contribution in [0.3, 0.4) is 0 Å². The summed E-state index contributed by atoms with van der Waals surface area (Å²) in [5.74, 6) is 3.81. The molecule has 2 rings (SSSR count). The van der Waals surface area contributed by atoms with Crippen LogP contribution in [0.15, 0.2) is 4.99 Å². The third-order valence-electron chi connectivity index (χ3n) is 4.95. The molecular formula is C18H34N6OS. The molecule has 0 amide bonds. The Hall–Kier alpha value is -1.28. The lowest BCUT2D eigenvalue weighted by atomic mass is 10.0. The summed E-state index contributed by atoms with van der Waals surface area (Å²) in [5, 5.41) is 15.3. The minimum Gasteiger partial charge on any atom is -0.382 e. The summed E-state index contributed by atoms with van der Waals surface area (Å²) in [6.45, 7) is 8.06. The third kappa shape index (κ3) is 6.79. The van der Waals surface area contributed by atoms with Gasteiger partial charge in [-0.1, -0.05) is 0 Å². The molecule has 2 N–H and O–H groups in total. The lowest BCUT2D eigenvalue weighted by Gasteiger charge is -2.19. The number of ether oxygens (including phenoxy) is 1. The molecule has 0 aliphatic heterocycles. The van der Waals surface area contributed by atoms with Crippen molar-refractivity contribution in [3.05, 3.63) is 11.6 Å². The first-order valence-corrected chi connectivity index (χ1v) is 10.9. The molecule has 0 bridgehead atoms.